The van der Waals surface area contributed by atoms with Gasteiger partial charge in [0.25, 0.3) is 0 Å². The molecular weight excluding hydrogens is 459 g/mol. The summed E-state index contributed by atoms with van der Waals surface area (Å²) in [6.07, 6.45) is 2.17. The van der Waals surface area contributed by atoms with Crippen LogP contribution in [0.4, 0.5) is 18.9 Å². The molecular formula is C26H30F3N3O3. The molecule has 188 valence electrons. The molecule has 0 amide bonds. The predicted octanol–water partition coefficient (Wildman–Crippen LogP) is 5.82. The number of aromatic hydroxyl groups is 1. The van der Waals surface area contributed by atoms with Crippen LogP contribution in [0.25, 0.3) is 0 Å². The van der Waals surface area contributed by atoms with Gasteiger partial charge in [-0.25, -0.2) is 9.79 Å². The Kier molecular flexibility index (Phi) is 7.52. The van der Waals surface area contributed by atoms with Gasteiger partial charge in [-0.1, -0.05) is 25.0 Å². The number of nitrogens with one attached hydrogen (secondary N) is 1. The van der Waals surface area contributed by atoms with Crippen molar-refractivity contribution in [1.29, 1.82) is 0 Å². The maximum atomic E-state index is 13.2. The lowest BCUT2D eigenvalue weighted by Crippen LogP contribution is -2.51. The largest absolute Gasteiger partial charge is 0.506 e. The molecule has 2 atom stereocenters. The van der Waals surface area contributed by atoms with E-state index in [1.807, 2.05) is 0 Å². The van der Waals surface area contributed by atoms with E-state index < -0.39 is 17.7 Å². The molecule has 2 unspecified atom stereocenters. The van der Waals surface area contributed by atoms with E-state index in [-0.39, 0.29) is 29.6 Å². The Bertz CT molecular complexity index is 1080. The standard InChI is InChI=1S/C26H30F3N3O3/c1-35-24(34)19-11-12-23(33)21(15-19)31-25(32-13-5-8-18-7-2-3-10-22(18)32)30-16-17-6-4-9-20(14-17)26(27,28)29/h4,6,9,11-12,14-15,18,22,33H,2-3,5,7-8,10,13,16H2,1H3,(H,30,31). The number of alkyl halides is 3. The Morgan fingerprint density at radius 1 is 1.14 bits per heavy atom. The number of fused-ring (bicyclic) bond motifs is 1. The highest BCUT2D eigenvalue weighted by atomic mass is 19.4. The molecule has 2 aromatic carbocycles. The van der Waals surface area contributed by atoms with E-state index in [9.17, 15) is 23.1 Å². The van der Waals surface area contributed by atoms with Gasteiger partial charge in [0.1, 0.15) is 5.75 Å². The normalized spacial score (nSPS) is 20.8. The van der Waals surface area contributed by atoms with Gasteiger partial charge in [0.15, 0.2) is 5.96 Å². The summed E-state index contributed by atoms with van der Waals surface area (Å²) >= 11 is 0. The number of hydrogen-bond donors (Lipinski definition) is 2. The second-order valence-electron chi connectivity index (χ2n) is 9.13. The van der Waals surface area contributed by atoms with Crippen molar-refractivity contribution in [3.05, 3.63) is 59.2 Å². The van der Waals surface area contributed by atoms with E-state index in [1.54, 1.807) is 6.07 Å². The Morgan fingerprint density at radius 2 is 1.91 bits per heavy atom. The summed E-state index contributed by atoms with van der Waals surface area (Å²) in [7, 11) is 1.28. The molecule has 0 aromatic heterocycles. The summed E-state index contributed by atoms with van der Waals surface area (Å²) in [5.74, 6) is 0.409. The topological polar surface area (TPSA) is 74.2 Å². The van der Waals surface area contributed by atoms with Gasteiger partial charge in [0.05, 0.1) is 30.5 Å². The number of nitrogens with zero attached hydrogens (tertiary/aromatic N) is 2. The third-order valence-electron chi connectivity index (χ3n) is 6.85. The summed E-state index contributed by atoms with van der Waals surface area (Å²) in [4.78, 5) is 18.9. The zero-order valence-corrected chi connectivity index (χ0v) is 19.6. The third kappa shape index (κ3) is 5.89. The van der Waals surface area contributed by atoms with Gasteiger partial charge < -0.3 is 20.1 Å². The highest BCUT2D eigenvalue weighted by molar-refractivity contribution is 5.97. The van der Waals surface area contributed by atoms with Gasteiger partial charge in [-0.3, -0.25) is 0 Å². The van der Waals surface area contributed by atoms with Crippen LogP contribution in [0.15, 0.2) is 47.5 Å². The number of methoxy groups -OCH3 is 1. The van der Waals surface area contributed by atoms with Crippen LogP contribution in [-0.4, -0.2) is 41.6 Å². The molecule has 4 rings (SSSR count). The molecule has 0 bridgehead atoms. The van der Waals surface area contributed by atoms with Crippen molar-refractivity contribution in [3.63, 3.8) is 0 Å². The fraction of sp³-hybridized carbons (Fsp3) is 0.462. The zero-order valence-electron chi connectivity index (χ0n) is 19.6. The SMILES string of the molecule is COC(=O)c1ccc(O)c(NC(=NCc2cccc(C(F)(F)F)c2)N2CCCC3CCCCC32)c1. The number of hydrogen-bond acceptors (Lipinski definition) is 4. The fourth-order valence-corrected chi connectivity index (χ4v) is 5.10. The monoisotopic (exact) mass is 489 g/mol. The fourth-order valence-electron chi connectivity index (χ4n) is 5.10. The van der Waals surface area contributed by atoms with Crippen LogP contribution in [-0.2, 0) is 17.5 Å². The summed E-state index contributed by atoms with van der Waals surface area (Å²) in [5, 5.41) is 13.6. The summed E-state index contributed by atoms with van der Waals surface area (Å²) in [6.45, 7) is 0.796. The van der Waals surface area contributed by atoms with Crippen LogP contribution >= 0.6 is 0 Å². The molecule has 1 saturated heterocycles. The van der Waals surface area contributed by atoms with Crippen molar-refractivity contribution >= 4 is 17.6 Å². The smallest absolute Gasteiger partial charge is 0.416 e. The van der Waals surface area contributed by atoms with Crippen molar-refractivity contribution in [3.8, 4) is 5.75 Å². The molecule has 2 aliphatic rings. The van der Waals surface area contributed by atoms with Crippen LogP contribution in [0.3, 0.4) is 0 Å². The van der Waals surface area contributed by atoms with Crippen LogP contribution < -0.4 is 5.32 Å². The minimum atomic E-state index is -4.43. The van der Waals surface area contributed by atoms with E-state index in [4.69, 9.17) is 9.73 Å². The number of ether oxygens (including phenoxy) is 1. The molecule has 2 N–H and O–H groups in total. The van der Waals surface area contributed by atoms with Crippen LogP contribution in [0.5, 0.6) is 5.75 Å². The first-order valence-corrected chi connectivity index (χ1v) is 11.9. The average molecular weight is 490 g/mol. The maximum absolute atomic E-state index is 13.2. The van der Waals surface area contributed by atoms with Crippen LogP contribution in [0.2, 0.25) is 0 Å². The molecule has 9 heteroatoms. The van der Waals surface area contributed by atoms with E-state index >= 15 is 0 Å². The first-order valence-electron chi connectivity index (χ1n) is 11.9. The van der Waals surface area contributed by atoms with Crippen molar-refractivity contribution < 1.29 is 27.8 Å². The number of likely N-dealkylation sites (tertiary alicyclic amines) is 1. The van der Waals surface area contributed by atoms with E-state index in [0.29, 0.717) is 17.4 Å². The number of rotatable bonds is 4. The average Bonchev–Trinajstić information content (AvgIpc) is 2.86. The number of guanidine groups is 1. The number of aliphatic imine (C=N–C) groups is 1. The molecule has 2 fully saturated rings. The minimum Gasteiger partial charge on any atom is -0.506 e. The lowest BCUT2D eigenvalue weighted by atomic mass is 9.78. The van der Waals surface area contributed by atoms with Crippen molar-refractivity contribution in [1.82, 2.24) is 4.90 Å². The van der Waals surface area contributed by atoms with Gasteiger partial charge in [-0.15, -0.1) is 0 Å². The second-order valence-corrected chi connectivity index (χ2v) is 9.13. The van der Waals surface area contributed by atoms with Crippen LogP contribution in [0, 0.1) is 5.92 Å². The first-order chi connectivity index (χ1) is 16.8. The number of carbonyl (C=O) groups is 1. The number of benzene rings is 2. The molecule has 2 aromatic rings. The maximum Gasteiger partial charge on any atom is 0.416 e. The molecule has 1 aliphatic heterocycles. The quantitative estimate of drug-likeness (QED) is 0.245. The lowest BCUT2D eigenvalue weighted by Gasteiger charge is -2.45. The molecule has 0 spiro atoms. The number of phenolic OH excluding ortho intramolecular Hbond substituents is 1. The Balaban J connectivity index is 1.67. The highest BCUT2D eigenvalue weighted by Crippen LogP contribution is 2.36. The number of carbonyl (C=O) groups excluding carboxylic acids is 1. The van der Waals surface area contributed by atoms with Gasteiger partial charge in [-0.05, 0) is 67.5 Å². The lowest BCUT2D eigenvalue weighted by molar-refractivity contribution is -0.137. The molecule has 1 aliphatic carbocycles. The number of esters is 1. The summed E-state index contributed by atoms with van der Waals surface area (Å²) in [5.41, 5.74) is 0.269. The first kappa shape index (κ1) is 24.9. The molecule has 1 heterocycles. The van der Waals surface area contributed by atoms with Gasteiger partial charge in [0.2, 0.25) is 0 Å². The van der Waals surface area contributed by atoms with E-state index in [1.165, 1.54) is 37.8 Å². The van der Waals surface area contributed by atoms with Gasteiger partial charge >= 0.3 is 12.1 Å². The Morgan fingerprint density at radius 3 is 2.69 bits per heavy atom. The van der Waals surface area contributed by atoms with Crippen LogP contribution in [0.1, 0.15) is 60.0 Å². The molecule has 35 heavy (non-hydrogen) atoms. The third-order valence-corrected chi connectivity index (χ3v) is 6.85. The predicted molar refractivity (Wildman–Crippen MR) is 127 cm³/mol. The Labute approximate surface area is 202 Å². The van der Waals surface area contributed by atoms with E-state index in [0.717, 1.165) is 50.8 Å². The molecule has 0 radical (unpaired) electrons. The van der Waals surface area contributed by atoms with Crippen molar-refractivity contribution in [2.45, 2.75) is 57.3 Å². The summed E-state index contributed by atoms with van der Waals surface area (Å²) < 4.78 is 44.3. The van der Waals surface area contributed by atoms with E-state index in [2.05, 4.69) is 10.2 Å². The highest BCUT2D eigenvalue weighted by Gasteiger charge is 2.35. The number of halogens is 3. The second kappa shape index (κ2) is 10.6. The van der Waals surface area contributed by atoms with Crippen molar-refractivity contribution in [2.24, 2.45) is 10.9 Å². The number of piperidine rings is 1. The minimum absolute atomic E-state index is 0.0393. The van der Waals surface area contributed by atoms with Gasteiger partial charge in [0, 0.05) is 12.6 Å². The number of anilines is 1. The molecule has 6 nitrogen and oxygen atoms in total. The Hall–Kier alpha value is -3.23. The number of phenols is 1. The zero-order chi connectivity index (χ0) is 25.0. The summed E-state index contributed by atoms with van der Waals surface area (Å²) in [6, 6.07) is 9.77. The molecule has 1 saturated carbocycles. The van der Waals surface area contributed by atoms with Crippen molar-refractivity contribution in [2.75, 3.05) is 19.0 Å². The van der Waals surface area contributed by atoms with Gasteiger partial charge in [-0.2, -0.15) is 13.2 Å².